The van der Waals surface area contributed by atoms with Gasteiger partial charge in [0.15, 0.2) is 6.17 Å². The molecule has 0 fully saturated rings. The van der Waals surface area contributed by atoms with E-state index >= 15 is 0 Å². The van der Waals surface area contributed by atoms with Crippen LogP contribution in [0.4, 0.5) is 0 Å². The summed E-state index contributed by atoms with van der Waals surface area (Å²) in [6.07, 6.45) is 11.4. The smallest absolute Gasteiger partial charge is 0.263 e. The zero-order valence-electron chi connectivity index (χ0n) is 18.8. The van der Waals surface area contributed by atoms with Crippen LogP contribution in [-0.2, 0) is 4.79 Å². The largest absolute Gasteiger partial charge is 0.322 e. The van der Waals surface area contributed by atoms with Crippen molar-refractivity contribution in [1.29, 1.82) is 0 Å². The maximum Gasteiger partial charge on any atom is 0.263 e. The zero-order valence-corrected chi connectivity index (χ0v) is 18.8. The maximum atomic E-state index is 12.1. The van der Waals surface area contributed by atoms with Gasteiger partial charge in [0, 0.05) is 22.9 Å². The summed E-state index contributed by atoms with van der Waals surface area (Å²) in [7, 11) is 0. The minimum Gasteiger partial charge on any atom is -0.322 e. The summed E-state index contributed by atoms with van der Waals surface area (Å²) in [5.74, 6) is 0.0743. The molecule has 0 aromatic rings. The van der Waals surface area contributed by atoms with Gasteiger partial charge in [-0.25, -0.2) is 0 Å². The lowest BCUT2D eigenvalue weighted by atomic mass is 9.86. The first kappa shape index (κ1) is 27.5. The Balaban J connectivity index is 0. The predicted molar refractivity (Wildman–Crippen MR) is 121 cm³/mol. The van der Waals surface area contributed by atoms with Crippen molar-refractivity contribution in [2.75, 3.05) is 0 Å². The van der Waals surface area contributed by atoms with E-state index in [1.165, 1.54) is 0 Å². The van der Waals surface area contributed by atoms with Gasteiger partial charge < -0.3 is 11.1 Å². The highest BCUT2D eigenvalue weighted by Crippen LogP contribution is 2.26. The summed E-state index contributed by atoms with van der Waals surface area (Å²) in [6.45, 7) is 18.1. The van der Waals surface area contributed by atoms with Crippen LogP contribution in [0, 0.1) is 5.92 Å². The molecule has 4 nitrogen and oxygen atoms in total. The number of hydrogen-bond acceptors (Lipinski definition) is 3. The van der Waals surface area contributed by atoms with E-state index in [-0.39, 0.29) is 5.91 Å². The van der Waals surface area contributed by atoms with Crippen LogP contribution in [0.25, 0.3) is 0 Å². The molecule has 1 aliphatic heterocycles. The van der Waals surface area contributed by atoms with Crippen molar-refractivity contribution in [2.24, 2.45) is 16.6 Å². The van der Waals surface area contributed by atoms with E-state index in [9.17, 15) is 4.79 Å². The molecule has 0 bridgehead atoms. The number of nitrogens with zero attached hydrogens (tertiary/aromatic N) is 1. The van der Waals surface area contributed by atoms with Crippen molar-refractivity contribution >= 4 is 11.6 Å². The van der Waals surface area contributed by atoms with E-state index in [4.69, 9.17) is 5.73 Å². The second-order valence-electron chi connectivity index (χ2n) is 5.95. The van der Waals surface area contributed by atoms with Gasteiger partial charge in [-0.1, -0.05) is 86.0 Å². The molecule has 0 saturated carbocycles. The quantitative estimate of drug-likeness (QED) is 0.552. The van der Waals surface area contributed by atoms with E-state index in [2.05, 4.69) is 30.7 Å². The number of hydrogen-bond donors (Lipinski definition) is 2. The Kier molecular flexibility index (Phi) is 18.1. The first-order valence-corrected chi connectivity index (χ1v) is 10.7. The molecule has 4 heteroatoms. The van der Waals surface area contributed by atoms with Gasteiger partial charge in [0.1, 0.15) is 0 Å². The molecule has 3 N–H and O–H groups in total. The lowest BCUT2D eigenvalue weighted by Crippen LogP contribution is -2.37. The second kappa shape index (κ2) is 17.7. The molecule has 27 heavy (non-hydrogen) atoms. The molecule has 0 aliphatic carbocycles. The van der Waals surface area contributed by atoms with Gasteiger partial charge in [-0.3, -0.25) is 9.79 Å². The van der Waals surface area contributed by atoms with Crippen LogP contribution < -0.4 is 11.1 Å². The van der Waals surface area contributed by atoms with Gasteiger partial charge in [-0.15, -0.1) is 0 Å². The molecule has 0 spiro atoms. The Labute approximate surface area is 168 Å². The molecule has 156 valence electrons. The molecular formula is C23H43N3O. The topological polar surface area (TPSA) is 67.5 Å². The third kappa shape index (κ3) is 9.71. The van der Waals surface area contributed by atoms with Crippen LogP contribution in [0.2, 0.25) is 0 Å². The van der Waals surface area contributed by atoms with E-state index in [0.29, 0.717) is 5.92 Å². The number of nitrogens with two attached hydrogens (primary N) is 1. The molecule has 0 radical (unpaired) electrons. The average molecular weight is 378 g/mol. The number of amides is 1. The monoisotopic (exact) mass is 377 g/mol. The lowest BCUT2D eigenvalue weighted by Gasteiger charge is -2.21. The average Bonchev–Trinajstić information content (AvgIpc) is 2.82. The molecule has 1 atom stereocenters. The molecule has 0 aromatic carbocycles. The van der Waals surface area contributed by atoms with E-state index < -0.39 is 6.17 Å². The van der Waals surface area contributed by atoms with Gasteiger partial charge in [-0.2, -0.15) is 0 Å². The fourth-order valence-electron chi connectivity index (χ4n) is 2.89. The van der Waals surface area contributed by atoms with E-state index in [0.717, 1.165) is 55.5 Å². The lowest BCUT2D eigenvalue weighted by molar-refractivity contribution is -0.121. The molecule has 1 unspecified atom stereocenters. The number of unbranched alkanes of at least 4 members (excludes halogenated alkanes) is 2. The van der Waals surface area contributed by atoms with Gasteiger partial charge >= 0.3 is 0 Å². The fourth-order valence-corrected chi connectivity index (χ4v) is 2.89. The minimum atomic E-state index is -0.846. The molecule has 1 amide bonds. The van der Waals surface area contributed by atoms with Crippen molar-refractivity contribution in [2.45, 2.75) is 93.2 Å². The highest BCUT2D eigenvalue weighted by molar-refractivity contribution is 6.08. The van der Waals surface area contributed by atoms with Crippen molar-refractivity contribution in [1.82, 2.24) is 5.32 Å². The third-order valence-corrected chi connectivity index (χ3v) is 4.14. The Morgan fingerprint density at radius 1 is 1.15 bits per heavy atom. The Morgan fingerprint density at radius 3 is 2.07 bits per heavy atom. The summed E-state index contributed by atoms with van der Waals surface area (Å²) < 4.78 is 0. The van der Waals surface area contributed by atoms with Crippen LogP contribution >= 0.6 is 0 Å². The number of carbonyl (C=O) groups excluding carboxylic acids is 1. The highest BCUT2D eigenvalue weighted by atomic mass is 16.2. The predicted octanol–water partition coefficient (Wildman–Crippen LogP) is 5.91. The van der Waals surface area contributed by atoms with Crippen LogP contribution in [-0.4, -0.2) is 17.8 Å². The Hall–Kier alpha value is -1.68. The number of rotatable bonds is 8. The Bertz CT molecular complexity index is 496. The standard InChI is InChI=1S/C19H31N3O.2C2H6/c1-5-9-12-14(13-10-6-2)17-15(8-4)16(11-7-3)21-19(23)18(20)22-17;2*1-2/h7-8,11,14,18H,3,5-6,9-10,12-13,20H2,1-2,4H3,(H,21,23);2*1-2H3/b15-8+,16-11+;;. The first-order valence-electron chi connectivity index (χ1n) is 10.7. The maximum absolute atomic E-state index is 12.1. The normalized spacial score (nSPS) is 19.4. The highest BCUT2D eigenvalue weighted by Gasteiger charge is 2.28. The third-order valence-electron chi connectivity index (χ3n) is 4.14. The number of allylic oxidation sites excluding steroid dienone is 4. The van der Waals surface area contributed by atoms with Gasteiger partial charge in [0.2, 0.25) is 0 Å². The first-order chi connectivity index (χ1) is 13.1. The van der Waals surface area contributed by atoms with E-state index in [1.807, 2.05) is 46.8 Å². The van der Waals surface area contributed by atoms with Crippen LogP contribution in [0.5, 0.6) is 0 Å². The summed E-state index contributed by atoms with van der Waals surface area (Å²) in [5, 5.41) is 2.87. The number of aliphatic imine (C=N–C) groups is 1. The molecule has 0 aromatic heterocycles. The van der Waals surface area contributed by atoms with E-state index in [1.54, 1.807) is 6.08 Å². The van der Waals surface area contributed by atoms with Crippen molar-refractivity contribution < 1.29 is 4.79 Å². The van der Waals surface area contributed by atoms with Gasteiger partial charge in [-0.05, 0) is 25.8 Å². The number of nitrogens with one attached hydrogen (secondary N) is 1. The van der Waals surface area contributed by atoms with Crippen molar-refractivity contribution in [3.8, 4) is 0 Å². The second-order valence-corrected chi connectivity index (χ2v) is 5.95. The van der Waals surface area contributed by atoms with Gasteiger partial charge in [0.05, 0.1) is 0 Å². The van der Waals surface area contributed by atoms with Crippen molar-refractivity contribution in [3.63, 3.8) is 0 Å². The summed E-state index contributed by atoms with van der Waals surface area (Å²) in [6, 6.07) is 0. The molecular weight excluding hydrogens is 334 g/mol. The van der Waals surface area contributed by atoms with Crippen LogP contribution in [0.1, 0.15) is 87.0 Å². The molecule has 0 saturated heterocycles. The molecule has 1 aliphatic rings. The SMILES string of the molecule is C=C/C=C1/NC(=O)C(N)N=C(C(CCCC)CCCC)/C1=C/C.CC.CC. The van der Waals surface area contributed by atoms with Crippen LogP contribution in [0.15, 0.2) is 41.1 Å². The fraction of sp³-hybridized carbons (Fsp3) is 0.652. The molecule has 1 heterocycles. The number of carbonyl (C=O) groups is 1. The minimum absolute atomic E-state index is 0.266. The molecule has 1 rings (SSSR count). The van der Waals surface area contributed by atoms with Gasteiger partial charge in [0.25, 0.3) is 5.91 Å². The zero-order chi connectivity index (χ0) is 21.2. The summed E-state index contributed by atoms with van der Waals surface area (Å²) in [4.78, 5) is 16.7. The summed E-state index contributed by atoms with van der Waals surface area (Å²) in [5.41, 5.74) is 8.65. The van der Waals surface area contributed by atoms with Crippen LogP contribution in [0.3, 0.4) is 0 Å². The Morgan fingerprint density at radius 2 is 1.67 bits per heavy atom. The summed E-state index contributed by atoms with van der Waals surface area (Å²) >= 11 is 0. The van der Waals surface area contributed by atoms with Crippen molar-refractivity contribution in [3.05, 3.63) is 36.1 Å².